The molecule has 0 saturated heterocycles. The smallest absolute Gasteiger partial charge is 0.422 e. The maximum atomic E-state index is 14.5. The predicted molar refractivity (Wildman–Crippen MR) is 217 cm³/mol. The van der Waals surface area contributed by atoms with Crippen LogP contribution in [0.25, 0.3) is 11.0 Å². The second-order valence-electron chi connectivity index (χ2n) is 13.8. The quantitative estimate of drug-likeness (QED) is 0.0331. The number of sulfone groups is 1. The number of rotatable bonds is 20. The number of nitrogens with zero attached hydrogens (tertiary/aromatic N) is 4. The Balaban J connectivity index is 1.20. The van der Waals surface area contributed by atoms with E-state index in [2.05, 4.69) is 15.3 Å². The summed E-state index contributed by atoms with van der Waals surface area (Å²) < 4.78 is 123. The number of fused-ring (bicyclic) bond motifs is 1. The lowest BCUT2D eigenvalue weighted by Gasteiger charge is -2.18. The number of esters is 1. The number of pyridine rings is 1. The first-order valence-electron chi connectivity index (χ1n) is 18.6. The van der Waals surface area contributed by atoms with Crippen molar-refractivity contribution >= 4 is 59.6 Å². The largest absolute Gasteiger partial charge is 0.609 e. The number of aromatic nitrogens is 3. The zero-order valence-corrected chi connectivity index (χ0v) is 35.7. The van der Waals surface area contributed by atoms with Crippen LogP contribution in [0.5, 0.6) is 11.5 Å². The molecule has 0 saturated carbocycles. The van der Waals surface area contributed by atoms with Gasteiger partial charge in [0.1, 0.15) is 18.1 Å². The average molecular weight is 924 g/mol. The second kappa shape index (κ2) is 19.9. The van der Waals surface area contributed by atoms with Crippen molar-refractivity contribution in [3.63, 3.8) is 0 Å². The van der Waals surface area contributed by atoms with E-state index in [1.54, 1.807) is 26.0 Å². The van der Waals surface area contributed by atoms with Gasteiger partial charge < -0.3 is 24.1 Å². The van der Waals surface area contributed by atoms with Crippen LogP contribution in [0.15, 0.2) is 93.9 Å². The molecule has 0 aliphatic carbocycles. The monoisotopic (exact) mass is 923 g/mol. The molecule has 1 unspecified atom stereocenters. The number of carbonyl (C=O) groups excluding carboxylic acids is 2. The molecular weight excluding hydrogens is 884 g/mol. The Morgan fingerprint density at radius 3 is 2.45 bits per heavy atom. The number of nitrogens with one attached hydrogen (secondary N) is 1. The number of hydrogen-bond donors (Lipinski definition) is 1. The summed E-state index contributed by atoms with van der Waals surface area (Å²) in [5.74, 6) is -2.66. The number of para-hydroxylation sites is 2. The maximum absolute atomic E-state index is 14.5. The second-order valence-corrected chi connectivity index (χ2v) is 19.0. The van der Waals surface area contributed by atoms with Crippen LogP contribution in [0.1, 0.15) is 49.4 Å². The summed E-state index contributed by atoms with van der Waals surface area (Å²) in [6, 6.07) is 16.0. The van der Waals surface area contributed by atoms with Gasteiger partial charge in [0.15, 0.2) is 28.8 Å². The standard InChI is InChI=1S/C39H40F3N5O12S3/c1-25(2)30-21-28(58-22-36(48)44-16-7-12-37(49)57-18-19-61(53,54)29-9-6-8-27(20-29)47(50)51)13-14-35(30)62(55,56)46-33-11-5-4-10-31(33)45-38(46)60(52)23-32-26(3)34(15-17-43-32)59-24-39(40,41)42/h4-6,8-11,13-15,17,20-21,25H,7,12,16,18-19,22-24H2,1-3H3,(H,44,48). The summed E-state index contributed by atoms with van der Waals surface area (Å²) in [7, 11) is -8.50. The molecular formula is C39H40F3N5O12S3. The van der Waals surface area contributed by atoms with Crippen molar-refractivity contribution in [3.8, 4) is 11.5 Å². The van der Waals surface area contributed by atoms with Crippen molar-refractivity contribution in [1.29, 1.82) is 0 Å². The Labute approximate surface area is 356 Å². The summed E-state index contributed by atoms with van der Waals surface area (Å²) in [4.78, 5) is 43.0. The summed E-state index contributed by atoms with van der Waals surface area (Å²) in [6.07, 6.45) is -3.42. The van der Waals surface area contributed by atoms with E-state index >= 15 is 0 Å². The SMILES string of the molecule is Cc1c(OCC(F)(F)F)ccnc1C[S+]([O-])c1nc2ccccc2n1S(=O)(=O)c1ccc(OCC(=O)NCCCC(=O)OCCS(=O)(=O)c2cccc([N+](=O)[O-])c2)cc1C(C)C. The van der Waals surface area contributed by atoms with Gasteiger partial charge in [-0.15, -0.1) is 0 Å². The average Bonchev–Trinajstić information content (AvgIpc) is 3.62. The highest BCUT2D eigenvalue weighted by Gasteiger charge is 2.34. The highest BCUT2D eigenvalue weighted by molar-refractivity contribution is 7.93. The molecule has 0 radical (unpaired) electrons. The fourth-order valence-electron chi connectivity index (χ4n) is 5.87. The molecule has 17 nitrogen and oxygen atoms in total. The van der Waals surface area contributed by atoms with Crippen LogP contribution in [0.3, 0.4) is 0 Å². The van der Waals surface area contributed by atoms with Gasteiger partial charge in [0.2, 0.25) is 0 Å². The van der Waals surface area contributed by atoms with Crippen LogP contribution >= 0.6 is 0 Å². The van der Waals surface area contributed by atoms with Crippen LogP contribution in [-0.2, 0) is 51.1 Å². The van der Waals surface area contributed by atoms with E-state index in [1.807, 2.05) is 0 Å². The van der Waals surface area contributed by atoms with Crippen LogP contribution in [0, 0.1) is 17.0 Å². The highest BCUT2D eigenvalue weighted by atomic mass is 32.2. The van der Waals surface area contributed by atoms with E-state index < -0.39 is 96.9 Å². The molecule has 2 aromatic heterocycles. The number of nitro benzene ring substituents is 1. The number of amides is 1. The Morgan fingerprint density at radius 1 is 1.00 bits per heavy atom. The zero-order valence-electron chi connectivity index (χ0n) is 33.3. The van der Waals surface area contributed by atoms with Crippen LogP contribution in [0.2, 0.25) is 0 Å². The summed E-state index contributed by atoms with van der Waals surface area (Å²) in [5, 5.41) is 13.2. The molecule has 1 N–H and O–H groups in total. The molecule has 0 fully saturated rings. The number of imidazole rings is 1. The molecule has 0 spiro atoms. The first kappa shape index (κ1) is 47.3. The van der Waals surface area contributed by atoms with Gasteiger partial charge >= 0.3 is 17.3 Å². The van der Waals surface area contributed by atoms with Gasteiger partial charge in [-0.25, -0.2) is 16.8 Å². The Morgan fingerprint density at radius 2 is 1.74 bits per heavy atom. The minimum Gasteiger partial charge on any atom is -0.609 e. The lowest BCUT2D eigenvalue weighted by Crippen LogP contribution is -2.30. The Bertz CT molecular complexity index is 2680. The van der Waals surface area contributed by atoms with Crippen molar-refractivity contribution in [2.75, 3.05) is 32.1 Å². The number of non-ortho nitro benzene ring substituents is 1. The molecule has 3 aromatic carbocycles. The van der Waals surface area contributed by atoms with Gasteiger partial charge in [-0.2, -0.15) is 22.1 Å². The highest BCUT2D eigenvalue weighted by Crippen LogP contribution is 2.34. The number of benzene rings is 3. The van der Waals surface area contributed by atoms with E-state index in [0.717, 1.165) is 16.1 Å². The number of nitro groups is 1. The first-order chi connectivity index (χ1) is 29.2. The van der Waals surface area contributed by atoms with Gasteiger partial charge in [0, 0.05) is 48.0 Å². The van der Waals surface area contributed by atoms with E-state index in [-0.39, 0.29) is 68.1 Å². The van der Waals surface area contributed by atoms with Crippen LogP contribution in [-0.4, -0.2) is 90.4 Å². The molecule has 0 bridgehead atoms. The fraction of sp³-hybridized carbons (Fsp3) is 0.333. The third-order valence-corrected chi connectivity index (χ3v) is 13.8. The molecule has 5 aromatic rings. The first-order valence-corrected chi connectivity index (χ1v) is 23.0. The fourth-order valence-corrected chi connectivity index (χ4v) is 10.4. The third-order valence-electron chi connectivity index (χ3n) is 8.99. The lowest BCUT2D eigenvalue weighted by molar-refractivity contribution is -0.385. The molecule has 1 amide bonds. The van der Waals surface area contributed by atoms with Crippen molar-refractivity contribution in [3.05, 3.63) is 106 Å². The molecule has 1 atom stereocenters. The lowest BCUT2D eigenvalue weighted by atomic mass is 10.0. The predicted octanol–water partition coefficient (Wildman–Crippen LogP) is 5.55. The zero-order chi connectivity index (χ0) is 45.4. The summed E-state index contributed by atoms with van der Waals surface area (Å²) in [6.45, 7) is 2.44. The normalized spacial score (nSPS) is 12.6. The van der Waals surface area contributed by atoms with Crippen molar-refractivity contribution in [1.82, 2.24) is 19.3 Å². The molecule has 0 aliphatic rings. The third kappa shape index (κ3) is 12.0. The molecule has 62 heavy (non-hydrogen) atoms. The van der Waals surface area contributed by atoms with Gasteiger partial charge in [-0.3, -0.25) is 24.7 Å². The summed E-state index contributed by atoms with van der Waals surface area (Å²) >= 11 is -2.19. The minimum absolute atomic E-state index is 0.0349. The summed E-state index contributed by atoms with van der Waals surface area (Å²) in [5.41, 5.74) is 0.526. The molecule has 332 valence electrons. The minimum atomic E-state index is -4.60. The maximum Gasteiger partial charge on any atom is 0.422 e. The molecule has 0 aliphatic heterocycles. The van der Waals surface area contributed by atoms with Crippen LogP contribution < -0.4 is 14.8 Å². The van der Waals surface area contributed by atoms with Crippen molar-refractivity contribution in [2.45, 2.75) is 66.4 Å². The molecule has 5 rings (SSSR count). The molecule has 2 heterocycles. The van der Waals surface area contributed by atoms with Crippen molar-refractivity contribution < 1.29 is 63.3 Å². The van der Waals surface area contributed by atoms with Crippen LogP contribution in [0.4, 0.5) is 18.9 Å². The van der Waals surface area contributed by atoms with E-state index in [1.165, 1.54) is 61.7 Å². The van der Waals surface area contributed by atoms with Gasteiger partial charge in [0.05, 0.1) is 37.2 Å². The van der Waals surface area contributed by atoms with E-state index in [9.17, 15) is 54.3 Å². The van der Waals surface area contributed by atoms with Gasteiger partial charge in [-0.05, 0) is 67.3 Å². The van der Waals surface area contributed by atoms with Gasteiger partial charge in [0.25, 0.3) is 21.6 Å². The van der Waals surface area contributed by atoms with E-state index in [0.29, 0.717) is 5.56 Å². The van der Waals surface area contributed by atoms with E-state index in [4.69, 9.17) is 14.2 Å². The Hall–Kier alpha value is -5.78. The number of ether oxygens (including phenoxy) is 3. The number of carbonyl (C=O) groups is 2. The molecule has 23 heteroatoms. The Kier molecular flexibility index (Phi) is 15.2. The van der Waals surface area contributed by atoms with Crippen molar-refractivity contribution in [2.24, 2.45) is 0 Å². The topological polar surface area (TPSA) is 239 Å². The number of halogens is 3. The van der Waals surface area contributed by atoms with Gasteiger partial charge in [-0.1, -0.05) is 32.0 Å². The number of alkyl halides is 3. The number of hydrogen-bond acceptors (Lipinski definition) is 14.